The Morgan fingerprint density at radius 3 is 1.60 bits per heavy atom. The number of rotatable bonds is 9. The predicted octanol–water partition coefficient (Wildman–Crippen LogP) is 6.89. The van der Waals surface area contributed by atoms with Crippen LogP contribution in [0.15, 0.2) is 11.5 Å². The minimum absolute atomic E-state index is 0.670. The second-order valence-corrected chi connectivity index (χ2v) is 7.82. The van der Waals surface area contributed by atoms with Crippen LogP contribution in [0.5, 0.6) is 0 Å². The van der Waals surface area contributed by atoms with E-state index in [1.165, 1.54) is 19.3 Å². The van der Waals surface area contributed by atoms with Crippen molar-refractivity contribution < 1.29 is 0 Å². The quantitative estimate of drug-likeness (QED) is 0.403. The molecule has 0 amide bonds. The molecule has 0 aromatic rings. The van der Waals surface area contributed by atoms with Crippen LogP contribution in [-0.4, -0.2) is 6.71 Å². The van der Waals surface area contributed by atoms with E-state index in [9.17, 15) is 0 Å². The highest BCUT2D eigenvalue weighted by atomic mass is 14.2. The summed E-state index contributed by atoms with van der Waals surface area (Å²) in [6.07, 6.45) is 6.50. The van der Waals surface area contributed by atoms with Gasteiger partial charge in [-0.1, -0.05) is 105 Å². The summed E-state index contributed by atoms with van der Waals surface area (Å²) >= 11 is 0. The molecule has 0 aromatic carbocycles. The van der Waals surface area contributed by atoms with Crippen LogP contribution >= 0.6 is 0 Å². The summed E-state index contributed by atoms with van der Waals surface area (Å²) in [5.74, 6) is 3.74. The van der Waals surface area contributed by atoms with Crippen LogP contribution in [0.4, 0.5) is 0 Å². The van der Waals surface area contributed by atoms with Crippen LogP contribution in [0.1, 0.15) is 81.6 Å². The van der Waals surface area contributed by atoms with Gasteiger partial charge in [0.15, 0.2) is 6.71 Å². The van der Waals surface area contributed by atoms with Gasteiger partial charge in [0, 0.05) is 0 Å². The fourth-order valence-electron chi connectivity index (χ4n) is 3.15. The maximum absolute atomic E-state index is 2.57. The van der Waals surface area contributed by atoms with Crippen LogP contribution < -0.4 is 0 Å². The molecule has 0 spiro atoms. The Morgan fingerprint density at radius 1 is 0.850 bits per heavy atom. The van der Waals surface area contributed by atoms with Crippen molar-refractivity contribution in [1.29, 1.82) is 0 Å². The molecule has 0 bridgehead atoms. The lowest BCUT2D eigenvalue weighted by Crippen LogP contribution is -2.32. The Morgan fingerprint density at radius 2 is 1.30 bits per heavy atom. The van der Waals surface area contributed by atoms with E-state index in [0.717, 1.165) is 30.2 Å². The van der Waals surface area contributed by atoms with Crippen molar-refractivity contribution in [3.05, 3.63) is 11.5 Å². The van der Waals surface area contributed by atoms with Crippen LogP contribution in [0.3, 0.4) is 0 Å². The summed E-state index contributed by atoms with van der Waals surface area (Å²) in [6, 6.07) is 0. The first-order chi connectivity index (χ1) is 9.22. The fraction of sp³-hybridized carbons (Fsp3) is 0.895. The Bertz CT molecular complexity index is 261. The molecule has 0 saturated carbocycles. The maximum atomic E-state index is 2.57. The van der Waals surface area contributed by atoms with Crippen molar-refractivity contribution in [2.24, 2.45) is 17.8 Å². The van der Waals surface area contributed by atoms with Crippen molar-refractivity contribution in [2.75, 3.05) is 0 Å². The molecule has 2 atom stereocenters. The minimum atomic E-state index is 0.670. The molecule has 0 aromatic heterocycles. The Labute approximate surface area is 129 Å². The Hall–Kier alpha value is -0.195. The summed E-state index contributed by atoms with van der Waals surface area (Å²) < 4.78 is 0. The monoisotopic (exact) mass is 278 g/mol. The first-order valence-electron chi connectivity index (χ1n) is 8.92. The lowest BCUT2D eigenvalue weighted by atomic mass is 9.27. The third-order valence-electron chi connectivity index (χ3n) is 5.03. The van der Waals surface area contributed by atoms with Crippen molar-refractivity contribution >= 4 is 6.71 Å². The predicted molar refractivity (Wildman–Crippen MR) is 96.7 cm³/mol. The van der Waals surface area contributed by atoms with Gasteiger partial charge in [0.1, 0.15) is 0 Å². The van der Waals surface area contributed by atoms with Gasteiger partial charge < -0.3 is 0 Å². The SMILES string of the molecule is CCCC/C(=C\C(C)C)B(C(C)C(C)C)C(C)C(C)C. The van der Waals surface area contributed by atoms with E-state index in [0.29, 0.717) is 5.92 Å². The van der Waals surface area contributed by atoms with Gasteiger partial charge in [0.25, 0.3) is 0 Å². The normalized spacial score (nSPS) is 16.1. The summed E-state index contributed by atoms with van der Waals surface area (Å²) in [7, 11) is 0. The minimum Gasteiger partial charge on any atom is -0.104 e. The maximum Gasteiger partial charge on any atom is 0.176 e. The van der Waals surface area contributed by atoms with Gasteiger partial charge in [0.2, 0.25) is 0 Å². The molecule has 0 aliphatic carbocycles. The molecular weight excluding hydrogens is 239 g/mol. The molecule has 118 valence electrons. The molecule has 0 nitrogen and oxygen atoms in total. The highest BCUT2D eigenvalue weighted by Crippen LogP contribution is 2.38. The first kappa shape index (κ1) is 19.8. The average Bonchev–Trinajstić information content (AvgIpc) is 2.34. The van der Waals surface area contributed by atoms with Gasteiger partial charge in [-0.2, -0.15) is 0 Å². The lowest BCUT2D eigenvalue weighted by Gasteiger charge is -2.34. The average molecular weight is 278 g/mol. The standard InChI is InChI=1S/C19H39B/c1-10-11-12-19(13-14(2)3)20(17(8)15(4)5)18(9)16(6)7/h13-18H,10-12H2,1-9H3/b19-13+. The molecule has 0 saturated heterocycles. The second kappa shape index (κ2) is 9.69. The van der Waals surface area contributed by atoms with Gasteiger partial charge in [-0.3, -0.25) is 0 Å². The van der Waals surface area contributed by atoms with Crippen molar-refractivity contribution in [3.8, 4) is 0 Å². The summed E-state index contributed by atoms with van der Waals surface area (Å²) in [5.41, 5.74) is 1.74. The molecule has 0 heterocycles. The molecule has 0 fully saturated rings. The van der Waals surface area contributed by atoms with E-state index in [2.05, 4.69) is 68.4 Å². The summed E-state index contributed by atoms with van der Waals surface area (Å²) in [5, 5.41) is 0. The Kier molecular flexibility index (Phi) is 9.59. The van der Waals surface area contributed by atoms with E-state index in [1.54, 1.807) is 5.47 Å². The van der Waals surface area contributed by atoms with E-state index in [4.69, 9.17) is 0 Å². The number of unbranched alkanes of at least 4 members (excludes halogenated alkanes) is 1. The molecule has 0 rings (SSSR count). The van der Waals surface area contributed by atoms with Gasteiger partial charge in [-0.15, -0.1) is 5.47 Å². The third-order valence-corrected chi connectivity index (χ3v) is 5.03. The van der Waals surface area contributed by atoms with Crippen LogP contribution in [-0.2, 0) is 0 Å². The number of allylic oxidation sites excluding steroid dienone is 2. The lowest BCUT2D eigenvalue weighted by molar-refractivity contribution is 0.562. The largest absolute Gasteiger partial charge is 0.176 e. The van der Waals surface area contributed by atoms with Gasteiger partial charge >= 0.3 is 0 Å². The molecule has 1 heteroatoms. The topological polar surface area (TPSA) is 0 Å². The van der Waals surface area contributed by atoms with Crippen LogP contribution in [0.2, 0.25) is 11.6 Å². The molecule has 20 heavy (non-hydrogen) atoms. The highest BCUT2D eigenvalue weighted by molar-refractivity contribution is 6.69. The van der Waals surface area contributed by atoms with E-state index in [1.807, 2.05) is 0 Å². The number of hydrogen-bond acceptors (Lipinski definition) is 0. The molecule has 0 aliphatic heterocycles. The number of hydrogen-bond donors (Lipinski definition) is 0. The zero-order valence-corrected chi connectivity index (χ0v) is 15.7. The zero-order valence-electron chi connectivity index (χ0n) is 15.7. The molecular formula is C19H39B. The van der Waals surface area contributed by atoms with Crippen LogP contribution in [0.25, 0.3) is 0 Å². The summed E-state index contributed by atoms with van der Waals surface area (Å²) in [4.78, 5) is 0. The van der Waals surface area contributed by atoms with Crippen LogP contribution in [0, 0.1) is 17.8 Å². The molecule has 0 radical (unpaired) electrons. The van der Waals surface area contributed by atoms with Gasteiger partial charge in [-0.25, -0.2) is 0 Å². The van der Waals surface area contributed by atoms with E-state index >= 15 is 0 Å². The van der Waals surface area contributed by atoms with Crippen molar-refractivity contribution in [1.82, 2.24) is 0 Å². The third kappa shape index (κ3) is 6.50. The van der Waals surface area contributed by atoms with E-state index in [-0.39, 0.29) is 0 Å². The van der Waals surface area contributed by atoms with Crippen molar-refractivity contribution in [3.63, 3.8) is 0 Å². The fourth-order valence-corrected chi connectivity index (χ4v) is 3.15. The summed E-state index contributed by atoms with van der Waals surface area (Å²) in [6.45, 7) is 22.2. The molecule has 2 unspecified atom stereocenters. The van der Waals surface area contributed by atoms with E-state index < -0.39 is 0 Å². The van der Waals surface area contributed by atoms with Gasteiger partial charge in [0.05, 0.1) is 0 Å². The highest BCUT2D eigenvalue weighted by Gasteiger charge is 2.33. The second-order valence-electron chi connectivity index (χ2n) is 7.82. The molecule has 0 aliphatic rings. The van der Waals surface area contributed by atoms with Gasteiger partial charge in [-0.05, 0) is 12.3 Å². The smallest absolute Gasteiger partial charge is 0.104 e. The first-order valence-corrected chi connectivity index (χ1v) is 8.92. The molecule has 0 N–H and O–H groups in total. The zero-order chi connectivity index (χ0) is 15.9. The Balaban J connectivity index is 5.39. The van der Waals surface area contributed by atoms with Crippen molar-refractivity contribution in [2.45, 2.75) is 93.2 Å².